The minimum absolute atomic E-state index is 0.241. The van der Waals surface area contributed by atoms with E-state index in [0.29, 0.717) is 5.56 Å². The molecule has 0 N–H and O–H groups in total. The third-order valence-electron chi connectivity index (χ3n) is 2.92. The van der Waals surface area contributed by atoms with E-state index in [1.54, 1.807) is 26.0 Å². The van der Waals surface area contributed by atoms with Gasteiger partial charge in [-0.15, -0.1) is 0 Å². The van der Waals surface area contributed by atoms with Crippen molar-refractivity contribution >= 4 is 15.6 Å². The number of rotatable bonds is 4. The maximum absolute atomic E-state index is 12.3. The van der Waals surface area contributed by atoms with E-state index < -0.39 is 15.1 Å². The number of hydrogen-bond acceptors (Lipinski definition) is 3. The topological polar surface area (TPSA) is 51.2 Å². The highest BCUT2D eigenvalue weighted by molar-refractivity contribution is 7.92. The second-order valence-corrected chi connectivity index (χ2v) is 6.51. The van der Waals surface area contributed by atoms with Crippen LogP contribution in [0.25, 0.3) is 0 Å². The molecule has 0 heterocycles. The van der Waals surface area contributed by atoms with Gasteiger partial charge in [-0.25, -0.2) is 8.42 Å². The first-order chi connectivity index (χ1) is 7.80. The number of carbonyl (C=O) groups is 1. The van der Waals surface area contributed by atoms with Crippen LogP contribution in [0.4, 0.5) is 0 Å². The molecule has 0 amide bonds. The molecule has 0 aliphatic heterocycles. The first-order valence-electron chi connectivity index (χ1n) is 5.64. The van der Waals surface area contributed by atoms with Gasteiger partial charge in [-0.3, -0.25) is 4.79 Å². The summed E-state index contributed by atoms with van der Waals surface area (Å²) in [5, 5.41) is -0.965. The molecule has 0 bridgehead atoms. The molecule has 3 nitrogen and oxygen atoms in total. The third kappa shape index (κ3) is 2.75. The molecule has 0 aromatic heterocycles. The van der Waals surface area contributed by atoms with E-state index in [1.165, 1.54) is 6.92 Å². The number of benzene rings is 1. The van der Waals surface area contributed by atoms with Crippen molar-refractivity contribution in [2.45, 2.75) is 44.3 Å². The molecule has 0 radical (unpaired) electrons. The number of carbonyl (C=O) groups excluding carboxylic acids is 1. The van der Waals surface area contributed by atoms with Crippen molar-refractivity contribution in [1.29, 1.82) is 0 Å². The van der Waals surface area contributed by atoms with Crippen molar-refractivity contribution in [3.05, 3.63) is 29.3 Å². The molecule has 4 heteroatoms. The Kier molecular flexibility index (Phi) is 4.09. The summed E-state index contributed by atoms with van der Waals surface area (Å²) in [6.07, 6.45) is 0.241. The molecule has 1 aromatic carbocycles. The predicted octanol–water partition coefficient (Wildman–Crippen LogP) is 2.44. The molecule has 1 atom stereocenters. The Hall–Kier alpha value is -1.16. The van der Waals surface area contributed by atoms with E-state index in [1.807, 2.05) is 13.0 Å². The molecule has 94 valence electrons. The van der Waals surface area contributed by atoms with Crippen LogP contribution in [0, 0.1) is 13.8 Å². The summed E-state index contributed by atoms with van der Waals surface area (Å²) in [7, 11) is -3.55. The van der Waals surface area contributed by atoms with Gasteiger partial charge in [0.25, 0.3) is 0 Å². The summed E-state index contributed by atoms with van der Waals surface area (Å²) < 4.78 is 24.6. The zero-order chi connectivity index (χ0) is 13.2. The van der Waals surface area contributed by atoms with Gasteiger partial charge >= 0.3 is 0 Å². The van der Waals surface area contributed by atoms with Crippen molar-refractivity contribution in [3.63, 3.8) is 0 Å². The lowest BCUT2D eigenvalue weighted by Gasteiger charge is -2.13. The Morgan fingerprint density at radius 1 is 1.29 bits per heavy atom. The maximum Gasteiger partial charge on any atom is 0.188 e. The first-order valence-corrected chi connectivity index (χ1v) is 7.19. The lowest BCUT2D eigenvalue weighted by atomic mass is 10.2. The van der Waals surface area contributed by atoms with Gasteiger partial charge in [-0.05, 0) is 38.0 Å². The average Bonchev–Trinajstić information content (AvgIpc) is 2.30. The minimum Gasteiger partial charge on any atom is -0.298 e. The summed E-state index contributed by atoms with van der Waals surface area (Å²) in [5.74, 6) is -0.245. The average molecular weight is 254 g/mol. The van der Waals surface area contributed by atoms with Crippen LogP contribution < -0.4 is 0 Å². The quantitative estimate of drug-likeness (QED) is 0.829. The monoisotopic (exact) mass is 254 g/mol. The standard InChI is InChI=1S/C13H18O3S/c1-5-12(14)11(4)17(15,16)13-8-9(2)6-7-10(13)3/h6-8,11H,5H2,1-4H3. The summed E-state index contributed by atoms with van der Waals surface area (Å²) >= 11 is 0. The van der Waals surface area contributed by atoms with Crippen LogP contribution in [0.2, 0.25) is 0 Å². The molecule has 0 aliphatic carbocycles. The fourth-order valence-corrected chi connectivity index (χ4v) is 3.43. The van der Waals surface area contributed by atoms with E-state index in [-0.39, 0.29) is 17.1 Å². The van der Waals surface area contributed by atoms with E-state index in [4.69, 9.17) is 0 Å². The van der Waals surface area contributed by atoms with Crippen LogP contribution in [0.5, 0.6) is 0 Å². The van der Waals surface area contributed by atoms with Crippen molar-refractivity contribution in [3.8, 4) is 0 Å². The van der Waals surface area contributed by atoms with Gasteiger partial charge in [-0.1, -0.05) is 19.1 Å². The highest BCUT2D eigenvalue weighted by Crippen LogP contribution is 2.22. The van der Waals surface area contributed by atoms with Gasteiger partial charge < -0.3 is 0 Å². The molecular weight excluding hydrogens is 236 g/mol. The SMILES string of the molecule is CCC(=O)C(C)S(=O)(=O)c1cc(C)ccc1C. The smallest absolute Gasteiger partial charge is 0.188 e. The van der Waals surface area contributed by atoms with Crippen LogP contribution in [-0.4, -0.2) is 19.5 Å². The van der Waals surface area contributed by atoms with Crippen LogP contribution in [0.15, 0.2) is 23.1 Å². The fraction of sp³-hybridized carbons (Fsp3) is 0.462. The highest BCUT2D eigenvalue weighted by atomic mass is 32.2. The van der Waals surface area contributed by atoms with Gasteiger partial charge in [0.05, 0.1) is 4.90 Å². The number of ketones is 1. The molecule has 1 aromatic rings. The number of sulfone groups is 1. The summed E-state index contributed by atoms with van der Waals surface area (Å²) in [4.78, 5) is 11.8. The molecule has 17 heavy (non-hydrogen) atoms. The Morgan fingerprint density at radius 2 is 1.88 bits per heavy atom. The lowest BCUT2D eigenvalue weighted by Crippen LogP contribution is -2.27. The van der Waals surface area contributed by atoms with Crippen molar-refractivity contribution in [2.75, 3.05) is 0 Å². The van der Waals surface area contributed by atoms with Crippen molar-refractivity contribution in [1.82, 2.24) is 0 Å². The van der Waals surface area contributed by atoms with Gasteiger partial charge in [-0.2, -0.15) is 0 Å². The molecule has 1 unspecified atom stereocenters. The van der Waals surface area contributed by atoms with Crippen molar-refractivity contribution < 1.29 is 13.2 Å². The zero-order valence-electron chi connectivity index (χ0n) is 10.6. The van der Waals surface area contributed by atoms with Crippen molar-refractivity contribution in [2.24, 2.45) is 0 Å². The van der Waals surface area contributed by atoms with E-state index in [9.17, 15) is 13.2 Å². The van der Waals surface area contributed by atoms with Gasteiger partial charge in [0, 0.05) is 6.42 Å². The van der Waals surface area contributed by atoms with Crippen LogP contribution in [0.1, 0.15) is 31.4 Å². The second-order valence-electron chi connectivity index (χ2n) is 4.28. The number of aryl methyl sites for hydroxylation is 2. The molecule has 0 spiro atoms. The zero-order valence-corrected chi connectivity index (χ0v) is 11.5. The molecule has 0 fully saturated rings. The van der Waals surface area contributed by atoms with Gasteiger partial charge in [0.1, 0.15) is 5.25 Å². The normalized spacial score (nSPS) is 13.4. The molecule has 0 saturated heterocycles. The van der Waals surface area contributed by atoms with E-state index in [2.05, 4.69) is 0 Å². The van der Waals surface area contributed by atoms with Crippen LogP contribution >= 0.6 is 0 Å². The first kappa shape index (κ1) is 13.9. The molecule has 0 saturated carbocycles. The summed E-state index contributed by atoms with van der Waals surface area (Å²) in [6, 6.07) is 5.26. The molecular formula is C13H18O3S. The van der Waals surface area contributed by atoms with Crippen LogP contribution in [0.3, 0.4) is 0 Å². The van der Waals surface area contributed by atoms with Crippen LogP contribution in [-0.2, 0) is 14.6 Å². The summed E-state index contributed by atoms with van der Waals surface area (Å²) in [6.45, 7) is 6.72. The predicted molar refractivity (Wildman–Crippen MR) is 67.9 cm³/mol. The Labute approximate surface area is 103 Å². The fourth-order valence-electron chi connectivity index (χ4n) is 1.66. The van der Waals surface area contributed by atoms with Gasteiger partial charge in [0.15, 0.2) is 15.6 Å². The van der Waals surface area contributed by atoms with Gasteiger partial charge in [0.2, 0.25) is 0 Å². The number of hydrogen-bond donors (Lipinski definition) is 0. The Balaban J connectivity index is 3.31. The second kappa shape index (κ2) is 5.00. The summed E-state index contributed by atoms with van der Waals surface area (Å²) in [5.41, 5.74) is 1.57. The largest absolute Gasteiger partial charge is 0.298 e. The molecule has 1 rings (SSSR count). The minimum atomic E-state index is -3.55. The van der Waals surface area contributed by atoms with E-state index in [0.717, 1.165) is 5.56 Å². The number of Topliss-reactive ketones (excluding diaryl/α,β-unsaturated/α-hetero) is 1. The Morgan fingerprint density at radius 3 is 2.41 bits per heavy atom. The maximum atomic E-state index is 12.3. The van der Waals surface area contributed by atoms with E-state index >= 15 is 0 Å². The Bertz CT molecular complexity index is 530. The highest BCUT2D eigenvalue weighted by Gasteiger charge is 2.29. The third-order valence-corrected chi connectivity index (χ3v) is 5.16. The lowest BCUT2D eigenvalue weighted by molar-refractivity contribution is -0.118. The molecule has 0 aliphatic rings.